The van der Waals surface area contributed by atoms with Crippen LogP contribution in [0.15, 0.2) is 0 Å². The molecule has 0 saturated heterocycles. The first-order chi connectivity index (χ1) is 10.9. The molecule has 0 aliphatic heterocycles. The van der Waals surface area contributed by atoms with E-state index in [2.05, 4.69) is 0 Å². The third-order valence-corrected chi connectivity index (χ3v) is 5.87. The van der Waals surface area contributed by atoms with Crippen molar-refractivity contribution in [3.63, 3.8) is 0 Å². The molecule has 0 bridgehead atoms. The minimum absolute atomic E-state index is 1.15. The SMILES string of the molecule is C(CCCCCCCCC1CC1)CCCCCCCC1CC1. The van der Waals surface area contributed by atoms with E-state index < -0.39 is 0 Å². The fraction of sp³-hybridized carbons (Fsp3) is 1.00. The van der Waals surface area contributed by atoms with Gasteiger partial charge in [0.25, 0.3) is 0 Å². The van der Waals surface area contributed by atoms with Crippen molar-refractivity contribution in [1.82, 2.24) is 0 Å². The lowest BCUT2D eigenvalue weighted by molar-refractivity contribution is 0.521. The van der Waals surface area contributed by atoms with Gasteiger partial charge in [-0.25, -0.2) is 0 Å². The molecule has 0 unspecified atom stereocenters. The van der Waals surface area contributed by atoms with Crippen LogP contribution < -0.4 is 0 Å². The van der Waals surface area contributed by atoms with Crippen LogP contribution in [0.2, 0.25) is 0 Å². The summed E-state index contributed by atoms with van der Waals surface area (Å²) in [5, 5.41) is 0. The molecule has 2 aliphatic carbocycles. The highest BCUT2D eigenvalue weighted by Gasteiger charge is 2.20. The molecule has 0 spiro atoms. The molecule has 0 aromatic carbocycles. The molecule has 0 radical (unpaired) electrons. The van der Waals surface area contributed by atoms with Crippen LogP contribution in [0.3, 0.4) is 0 Å². The van der Waals surface area contributed by atoms with Crippen molar-refractivity contribution in [2.24, 2.45) is 11.8 Å². The normalized spacial score (nSPS) is 18.0. The number of rotatable bonds is 17. The fourth-order valence-electron chi connectivity index (χ4n) is 3.80. The Bertz CT molecular complexity index is 210. The molecular weight excluding hydrogens is 264 g/mol. The minimum Gasteiger partial charge on any atom is -0.0533 e. The van der Waals surface area contributed by atoms with Gasteiger partial charge < -0.3 is 0 Å². The first kappa shape index (κ1) is 18.3. The summed E-state index contributed by atoms with van der Waals surface area (Å²) in [5.74, 6) is 2.30. The molecule has 0 atom stereocenters. The van der Waals surface area contributed by atoms with Crippen molar-refractivity contribution < 1.29 is 0 Å². The maximum Gasteiger partial charge on any atom is -0.0414 e. The topological polar surface area (TPSA) is 0 Å². The van der Waals surface area contributed by atoms with Crippen LogP contribution in [-0.4, -0.2) is 0 Å². The number of hydrogen-bond donors (Lipinski definition) is 0. The highest BCUT2D eigenvalue weighted by Crippen LogP contribution is 2.34. The van der Waals surface area contributed by atoms with Gasteiger partial charge in [0, 0.05) is 0 Å². The molecule has 0 N–H and O–H groups in total. The van der Waals surface area contributed by atoms with Crippen molar-refractivity contribution in [3.8, 4) is 0 Å². The molecule has 0 heterocycles. The molecular formula is C22H42. The molecule has 2 aliphatic rings. The first-order valence-corrected chi connectivity index (χ1v) is 10.9. The second-order valence-corrected chi connectivity index (χ2v) is 8.41. The lowest BCUT2D eigenvalue weighted by atomic mass is 10.0. The summed E-state index contributed by atoms with van der Waals surface area (Å²) in [5.41, 5.74) is 0. The first-order valence-electron chi connectivity index (χ1n) is 10.9. The van der Waals surface area contributed by atoms with Crippen LogP contribution in [-0.2, 0) is 0 Å². The standard InChI is InChI=1S/C22H42/c1(3-5-7-9-11-13-15-21-17-18-21)2-4-6-8-10-12-14-16-22-19-20-22/h21-22H,1-20H2. The second kappa shape index (κ2) is 12.4. The molecule has 130 valence electrons. The summed E-state index contributed by atoms with van der Waals surface area (Å²) in [6, 6.07) is 0. The Kier molecular flexibility index (Phi) is 10.4. The minimum atomic E-state index is 1.15. The summed E-state index contributed by atoms with van der Waals surface area (Å²) >= 11 is 0. The smallest absolute Gasteiger partial charge is 0.0414 e. The van der Waals surface area contributed by atoms with Gasteiger partial charge in [0.1, 0.15) is 0 Å². The van der Waals surface area contributed by atoms with Gasteiger partial charge >= 0.3 is 0 Å². The van der Waals surface area contributed by atoms with E-state index >= 15 is 0 Å². The van der Waals surface area contributed by atoms with E-state index in [9.17, 15) is 0 Å². The average Bonchev–Trinajstić information content (AvgIpc) is 3.41. The van der Waals surface area contributed by atoms with Gasteiger partial charge in [0.2, 0.25) is 0 Å². The summed E-state index contributed by atoms with van der Waals surface area (Å²) in [6.07, 6.45) is 30.4. The third-order valence-electron chi connectivity index (χ3n) is 5.87. The number of unbranched alkanes of at least 4 members (excludes halogenated alkanes) is 13. The van der Waals surface area contributed by atoms with Gasteiger partial charge in [-0.3, -0.25) is 0 Å². The van der Waals surface area contributed by atoms with E-state index in [4.69, 9.17) is 0 Å². The second-order valence-electron chi connectivity index (χ2n) is 8.41. The number of hydrogen-bond acceptors (Lipinski definition) is 0. The lowest BCUT2D eigenvalue weighted by Crippen LogP contribution is -1.84. The molecule has 2 rings (SSSR count). The van der Waals surface area contributed by atoms with Crippen molar-refractivity contribution in [2.45, 2.75) is 128 Å². The van der Waals surface area contributed by atoms with Crippen LogP contribution in [0, 0.1) is 11.8 Å². The molecule has 0 nitrogen and oxygen atoms in total. The fourth-order valence-corrected chi connectivity index (χ4v) is 3.80. The van der Waals surface area contributed by atoms with E-state index in [0.29, 0.717) is 0 Å². The largest absolute Gasteiger partial charge is 0.0533 e. The van der Waals surface area contributed by atoms with Gasteiger partial charge in [-0.05, 0) is 11.8 Å². The van der Waals surface area contributed by atoms with Gasteiger partial charge in [-0.1, -0.05) is 128 Å². The Morgan fingerprint density at radius 3 is 0.773 bits per heavy atom. The summed E-state index contributed by atoms with van der Waals surface area (Å²) in [7, 11) is 0. The highest BCUT2D eigenvalue weighted by molar-refractivity contribution is 4.73. The monoisotopic (exact) mass is 306 g/mol. The Morgan fingerprint density at radius 2 is 0.545 bits per heavy atom. The Balaban J connectivity index is 1.16. The summed E-state index contributed by atoms with van der Waals surface area (Å²) in [4.78, 5) is 0. The molecule has 2 fully saturated rings. The van der Waals surface area contributed by atoms with Crippen molar-refractivity contribution >= 4 is 0 Å². The average molecular weight is 307 g/mol. The van der Waals surface area contributed by atoms with Gasteiger partial charge in [0.15, 0.2) is 0 Å². The molecule has 0 aromatic heterocycles. The zero-order valence-electron chi connectivity index (χ0n) is 15.3. The Hall–Kier alpha value is 0. The van der Waals surface area contributed by atoms with E-state index in [1.165, 1.54) is 89.9 Å². The van der Waals surface area contributed by atoms with Gasteiger partial charge in [0.05, 0.1) is 0 Å². The van der Waals surface area contributed by atoms with Crippen molar-refractivity contribution in [3.05, 3.63) is 0 Å². The van der Waals surface area contributed by atoms with E-state index in [0.717, 1.165) is 11.8 Å². The van der Waals surface area contributed by atoms with Crippen LogP contribution in [0.4, 0.5) is 0 Å². The maximum absolute atomic E-state index is 1.54. The van der Waals surface area contributed by atoms with E-state index in [-0.39, 0.29) is 0 Å². The van der Waals surface area contributed by atoms with Crippen LogP contribution in [0.5, 0.6) is 0 Å². The Labute approximate surface area is 140 Å². The van der Waals surface area contributed by atoms with Crippen LogP contribution >= 0.6 is 0 Å². The third kappa shape index (κ3) is 11.6. The maximum atomic E-state index is 1.54. The van der Waals surface area contributed by atoms with Gasteiger partial charge in [-0.15, -0.1) is 0 Å². The predicted molar refractivity (Wildman–Crippen MR) is 99.3 cm³/mol. The van der Waals surface area contributed by atoms with E-state index in [1.54, 1.807) is 38.5 Å². The van der Waals surface area contributed by atoms with Crippen molar-refractivity contribution in [2.75, 3.05) is 0 Å². The molecule has 2 saturated carbocycles. The summed E-state index contributed by atoms with van der Waals surface area (Å²) < 4.78 is 0. The highest BCUT2D eigenvalue weighted by atomic mass is 14.3. The van der Waals surface area contributed by atoms with Crippen molar-refractivity contribution in [1.29, 1.82) is 0 Å². The Morgan fingerprint density at radius 1 is 0.318 bits per heavy atom. The quantitative estimate of drug-likeness (QED) is 0.238. The lowest BCUT2D eigenvalue weighted by Gasteiger charge is -2.03. The van der Waals surface area contributed by atoms with Crippen LogP contribution in [0.25, 0.3) is 0 Å². The molecule has 0 heteroatoms. The molecule has 22 heavy (non-hydrogen) atoms. The zero-order chi connectivity index (χ0) is 15.3. The predicted octanol–water partition coefficient (Wildman–Crippen LogP) is 8.05. The van der Waals surface area contributed by atoms with Crippen LogP contribution in [0.1, 0.15) is 128 Å². The van der Waals surface area contributed by atoms with Gasteiger partial charge in [-0.2, -0.15) is 0 Å². The zero-order valence-corrected chi connectivity index (χ0v) is 15.3. The molecule has 0 aromatic rings. The summed E-state index contributed by atoms with van der Waals surface area (Å²) in [6.45, 7) is 0. The van der Waals surface area contributed by atoms with E-state index in [1.807, 2.05) is 0 Å². The molecule has 0 amide bonds.